The molecule has 0 heterocycles. The zero-order valence-electron chi connectivity index (χ0n) is 55.8. The first kappa shape index (κ1) is 81.7. The van der Waals surface area contributed by atoms with Crippen LogP contribution in [0.15, 0.2) is 170 Å². The predicted octanol–water partition coefficient (Wildman–Crippen LogP) is 20.1. The number of rotatable bonds is 61. The molecule has 0 aliphatic carbocycles. The van der Waals surface area contributed by atoms with E-state index in [9.17, 15) is 19.5 Å². The van der Waals surface area contributed by atoms with Gasteiger partial charge in [0.05, 0.1) is 40.3 Å². The summed E-state index contributed by atoms with van der Waals surface area (Å²) in [5.41, 5.74) is 0. The molecule has 2 unspecified atom stereocenters. The normalized spacial score (nSPS) is 13.8. The van der Waals surface area contributed by atoms with E-state index in [1.165, 1.54) is 77.0 Å². The maximum Gasteiger partial charge on any atom is 0.306 e. The first-order chi connectivity index (χ1) is 42.6. The second-order valence-electron chi connectivity index (χ2n) is 23.3. The van der Waals surface area contributed by atoms with Crippen molar-refractivity contribution in [3.05, 3.63) is 170 Å². The number of carbonyl (C=O) groups excluding carboxylic acids is 3. The molecular formula is C78H125NO8. The molecule has 9 heteroatoms. The molecule has 0 saturated heterocycles. The molecule has 0 fully saturated rings. The van der Waals surface area contributed by atoms with Gasteiger partial charge >= 0.3 is 11.9 Å². The van der Waals surface area contributed by atoms with Crippen molar-refractivity contribution in [2.75, 3.05) is 47.5 Å². The number of aliphatic carboxylic acids is 1. The van der Waals surface area contributed by atoms with Crippen molar-refractivity contribution >= 4 is 17.9 Å². The van der Waals surface area contributed by atoms with Gasteiger partial charge in [0.1, 0.15) is 13.2 Å². The Hall–Kier alpha value is -5.35. The lowest BCUT2D eigenvalue weighted by Crippen LogP contribution is -2.44. The van der Waals surface area contributed by atoms with Crippen molar-refractivity contribution in [2.45, 2.75) is 257 Å². The van der Waals surface area contributed by atoms with Crippen molar-refractivity contribution in [1.29, 1.82) is 0 Å². The number of esters is 2. The minimum Gasteiger partial charge on any atom is -0.545 e. The fourth-order valence-electron chi connectivity index (χ4n) is 8.79. The number of quaternary nitrogens is 1. The highest BCUT2D eigenvalue weighted by Gasteiger charge is 2.22. The van der Waals surface area contributed by atoms with Crippen LogP contribution in [0.5, 0.6) is 0 Å². The number of carbonyl (C=O) groups is 3. The molecule has 490 valence electrons. The minimum absolute atomic E-state index is 0.133. The van der Waals surface area contributed by atoms with Crippen LogP contribution in [-0.4, -0.2) is 82.3 Å². The van der Waals surface area contributed by atoms with Gasteiger partial charge in [-0.05, 0) is 128 Å². The third kappa shape index (κ3) is 68.0. The largest absolute Gasteiger partial charge is 0.545 e. The van der Waals surface area contributed by atoms with Crippen LogP contribution in [0.4, 0.5) is 0 Å². The lowest BCUT2D eigenvalue weighted by Gasteiger charge is -2.26. The van der Waals surface area contributed by atoms with E-state index < -0.39 is 30.3 Å². The summed E-state index contributed by atoms with van der Waals surface area (Å²) >= 11 is 0. The number of nitrogens with zero attached hydrogens (tertiary/aromatic N) is 1. The molecule has 0 spiro atoms. The van der Waals surface area contributed by atoms with Crippen LogP contribution in [-0.2, 0) is 33.3 Å². The Morgan fingerprint density at radius 1 is 0.345 bits per heavy atom. The van der Waals surface area contributed by atoms with E-state index in [0.717, 1.165) is 128 Å². The van der Waals surface area contributed by atoms with Crippen LogP contribution >= 0.6 is 0 Å². The summed E-state index contributed by atoms with van der Waals surface area (Å²) in [7, 11) is 5.91. The number of hydrogen-bond donors (Lipinski definition) is 0. The fraction of sp³-hybridized carbons (Fsp3) is 0.603. The van der Waals surface area contributed by atoms with E-state index in [2.05, 4.69) is 184 Å². The van der Waals surface area contributed by atoms with Gasteiger partial charge in [-0.1, -0.05) is 274 Å². The zero-order chi connectivity index (χ0) is 63.3. The van der Waals surface area contributed by atoms with Gasteiger partial charge in [-0.2, -0.15) is 0 Å². The van der Waals surface area contributed by atoms with E-state index in [-0.39, 0.29) is 32.7 Å². The molecule has 0 aromatic rings. The van der Waals surface area contributed by atoms with Crippen LogP contribution in [0.25, 0.3) is 0 Å². The number of carboxylic acids is 1. The average molecular weight is 1200 g/mol. The molecule has 2 atom stereocenters. The monoisotopic (exact) mass is 1200 g/mol. The van der Waals surface area contributed by atoms with Crippen LogP contribution in [0.3, 0.4) is 0 Å². The second kappa shape index (κ2) is 66.6. The zero-order valence-corrected chi connectivity index (χ0v) is 55.8. The van der Waals surface area contributed by atoms with Crippen molar-refractivity contribution in [3.8, 4) is 0 Å². The van der Waals surface area contributed by atoms with Crippen molar-refractivity contribution < 1.29 is 42.9 Å². The summed E-state index contributed by atoms with van der Waals surface area (Å²) in [5, 5.41) is 11.8. The molecule has 0 aliphatic heterocycles. The molecule has 0 aliphatic rings. The summed E-state index contributed by atoms with van der Waals surface area (Å²) in [6, 6.07) is 0. The van der Waals surface area contributed by atoms with E-state index >= 15 is 0 Å². The van der Waals surface area contributed by atoms with Crippen molar-refractivity contribution in [3.63, 3.8) is 0 Å². The summed E-state index contributed by atoms with van der Waals surface area (Å²) in [6.07, 6.45) is 97.1. The van der Waals surface area contributed by atoms with Crippen molar-refractivity contribution in [1.82, 2.24) is 0 Å². The molecule has 0 bridgehead atoms. The first-order valence-electron chi connectivity index (χ1n) is 34.3. The maximum atomic E-state index is 12.9. The van der Waals surface area contributed by atoms with Gasteiger partial charge in [-0.25, -0.2) is 0 Å². The Morgan fingerprint density at radius 3 is 0.931 bits per heavy atom. The molecular weight excluding hydrogens is 1080 g/mol. The topological polar surface area (TPSA) is 111 Å². The van der Waals surface area contributed by atoms with Gasteiger partial charge in [0.15, 0.2) is 12.4 Å². The van der Waals surface area contributed by atoms with Crippen LogP contribution in [0.1, 0.15) is 245 Å². The molecule has 0 radical (unpaired) electrons. The Kier molecular flexibility index (Phi) is 62.5. The van der Waals surface area contributed by atoms with E-state index in [1.807, 2.05) is 21.1 Å². The van der Waals surface area contributed by atoms with Crippen LogP contribution < -0.4 is 5.11 Å². The molecule has 87 heavy (non-hydrogen) atoms. The highest BCUT2D eigenvalue weighted by atomic mass is 16.7. The lowest BCUT2D eigenvalue weighted by atomic mass is 10.0. The third-order valence-corrected chi connectivity index (χ3v) is 14.0. The highest BCUT2D eigenvalue weighted by Crippen LogP contribution is 2.16. The van der Waals surface area contributed by atoms with Crippen LogP contribution in [0.2, 0.25) is 0 Å². The summed E-state index contributed by atoms with van der Waals surface area (Å²) in [4.78, 5) is 37.5. The molecule has 0 aromatic heterocycles. The van der Waals surface area contributed by atoms with Gasteiger partial charge in [0.2, 0.25) is 0 Å². The molecule has 0 aromatic carbocycles. The highest BCUT2D eigenvalue weighted by molar-refractivity contribution is 5.70. The molecule has 0 amide bonds. The smallest absolute Gasteiger partial charge is 0.306 e. The standard InChI is InChI=1S/C78H125NO8/c1-6-8-10-12-14-16-18-20-22-24-26-28-30-32-33-34-35-36-37-38-39-40-41-42-43-45-47-49-51-53-55-57-59-61-63-65-67-69-76(81)87-74(73-86-78(77(82)83)84-71-70-79(3,4)5)72-85-75(80)68-66-64-62-60-58-56-54-52-50-48-46-44-31-29-27-25-23-21-19-17-15-13-11-9-7-2/h8-11,14-17,20-23,26-29,32-33,35-36,38-39,44,46,50,52,56,58,74,78H,6-7,12-13,18-19,24-25,30-31,34,37,40-43,45,47-49,51,53-55,57,59-73H2,1-5H3/b10-8-,11-9-,16-14-,17-15-,22-20-,23-21-,28-26-,29-27-,33-32-,36-35-,39-38-,46-44-,52-50-,58-56-. The first-order valence-corrected chi connectivity index (χ1v) is 34.3. The van der Waals surface area contributed by atoms with Gasteiger partial charge in [-0.3, -0.25) is 9.59 Å². The number of unbranched alkanes of at least 4 members (excludes halogenated alkanes) is 18. The van der Waals surface area contributed by atoms with Gasteiger partial charge in [-0.15, -0.1) is 0 Å². The van der Waals surface area contributed by atoms with Gasteiger partial charge in [0.25, 0.3) is 0 Å². The third-order valence-electron chi connectivity index (χ3n) is 14.0. The van der Waals surface area contributed by atoms with E-state index in [1.54, 1.807) is 0 Å². The lowest BCUT2D eigenvalue weighted by molar-refractivity contribution is -0.870. The fourth-order valence-corrected chi connectivity index (χ4v) is 8.79. The molecule has 9 nitrogen and oxygen atoms in total. The molecule has 0 rings (SSSR count). The van der Waals surface area contributed by atoms with E-state index in [4.69, 9.17) is 18.9 Å². The quantitative estimate of drug-likeness (QED) is 0.0195. The SMILES string of the molecule is CC/C=C\C/C=C\C/C=C\C/C=C\C/C=C\C/C=C\C/C=C\CCCCCCCCCCCCCCCCCC(=O)OC(COC(=O)CCCCC/C=C\C/C=C\C/C=C\C/C=C\C/C=C\C/C=C\C/C=C\CC)COC(OCC[N+](C)(C)C)C(=O)[O-]. The number of hydrogen-bond acceptors (Lipinski definition) is 8. The maximum absolute atomic E-state index is 12.9. The number of likely N-dealkylation sites (N-methyl/N-ethyl adjacent to an activating group) is 1. The Bertz CT molecular complexity index is 2030. The summed E-state index contributed by atoms with van der Waals surface area (Å²) in [5.74, 6) is -2.34. The minimum atomic E-state index is -1.64. The molecule has 0 saturated carbocycles. The molecule has 0 N–H and O–H groups in total. The number of carboxylic acid groups (broad SMARTS) is 1. The average Bonchev–Trinajstić information content (AvgIpc) is 3.57. The number of allylic oxidation sites excluding steroid dienone is 28. The summed E-state index contributed by atoms with van der Waals surface area (Å²) < 4.78 is 22.7. The Balaban J connectivity index is 4.20. The second-order valence-corrected chi connectivity index (χ2v) is 23.3. The van der Waals surface area contributed by atoms with E-state index in [0.29, 0.717) is 23.9 Å². The van der Waals surface area contributed by atoms with Gasteiger partial charge < -0.3 is 33.3 Å². The Morgan fingerprint density at radius 2 is 0.621 bits per heavy atom. The number of ether oxygens (including phenoxy) is 4. The predicted molar refractivity (Wildman–Crippen MR) is 370 cm³/mol. The van der Waals surface area contributed by atoms with Crippen molar-refractivity contribution in [2.24, 2.45) is 0 Å². The summed E-state index contributed by atoms with van der Waals surface area (Å²) in [6.45, 7) is 4.47. The van der Waals surface area contributed by atoms with Crippen LogP contribution in [0, 0.1) is 0 Å². The Labute approximate surface area is 533 Å². The van der Waals surface area contributed by atoms with Gasteiger partial charge in [0, 0.05) is 12.8 Å².